The predicted octanol–water partition coefficient (Wildman–Crippen LogP) is 2.34. The maximum absolute atomic E-state index is 5.80. The third-order valence-electron chi connectivity index (χ3n) is 4.08. The van der Waals surface area contributed by atoms with Crippen molar-refractivity contribution < 1.29 is 4.74 Å². The molecule has 2 aliphatic rings. The monoisotopic (exact) mass is 197 g/mol. The maximum atomic E-state index is 5.80. The zero-order chi connectivity index (χ0) is 9.86. The lowest BCUT2D eigenvalue weighted by molar-refractivity contribution is -0.0510. The minimum atomic E-state index is 0.222. The zero-order valence-electron chi connectivity index (χ0n) is 9.35. The number of methoxy groups -OCH3 is 1. The molecule has 0 aromatic carbocycles. The molecule has 82 valence electrons. The molecule has 0 bridgehead atoms. The smallest absolute Gasteiger partial charge is 0.0705 e. The van der Waals surface area contributed by atoms with Gasteiger partial charge in [-0.2, -0.15) is 0 Å². The van der Waals surface area contributed by atoms with Crippen LogP contribution in [0.25, 0.3) is 0 Å². The molecule has 1 saturated carbocycles. The van der Waals surface area contributed by atoms with Crippen molar-refractivity contribution in [3.05, 3.63) is 0 Å². The summed E-state index contributed by atoms with van der Waals surface area (Å²) < 4.78 is 5.80. The third-order valence-corrected chi connectivity index (χ3v) is 4.08. The quantitative estimate of drug-likeness (QED) is 0.750. The van der Waals surface area contributed by atoms with E-state index in [1.165, 1.54) is 44.9 Å². The van der Waals surface area contributed by atoms with Gasteiger partial charge in [-0.1, -0.05) is 25.7 Å². The molecule has 2 fully saturated rings. The molecular weight excluding hydrogens is 174 g/mol. The Morgan fingerprint density at radius 2 is 1.86 bits per heavy atom. The van der Waals surface area contributed by atoms with Crippen LogP contribution in [-0.2, 0) is 4.74 Å². The molecule has 1 aliphatic heterocycles. The molecule has 1 aliphatic carbocycles. The first-order valence-electron chi connectivity index (χ1n) is 6.10. The van der Waals surface area contributed by atoms with Gasteiger partial charge in [0.25, 0.3) is 0 Å². The molecule has 0 spiro atoms. The first kappa shape index (κ1) is 10.4. The molecular formula is C12H23NO. The zero-order valence-corrected chi connectivity index (χ0v) is 9.35. The van der Waals surface area contributed by atoms with Crippen LogP contribution in [0.1, 0.15) is 44.9 Å². The SMILES string of the molecule is COC1(CC2CCCC2)CCNCC1. The van der Waals surface area contributed by atoms with Gasteiger partial charge >= 0.3 is 0 Å². The summed E-state index contributed by atoms with van der Waals surface area (Å²) in [6, 6.07) is 0. The van der Waals surface area contributed by atoms with Crippen molar-refractivity contribution in [2.45, 2.75) is 50.5 Å². The predicted molar refractivity (Wildman–Crippen MR) is 58.4 cm³/mol. The van der Waals surface area contributed by atoms with Crippen LogP contribution in [0.2, 0.25) is 0 Å². The molecule has 0 radical (unpaired) electrons. The van der Waals surface area contributed by atoms with Crippen molar-refractivity contribution in [3.63, 3.8) is 0 Å². The fourth-order valence-corrected chi connectivity index (χ4v) is 3.11. The molecule has 1 saturated heterocycles. The van der Waals surface area contributed by atoms with E-state index in [-0.39, 0.29) is 5.60 Å². The summed E-state index contributed by atoms with van der Waals surface area (Å²) >= 11 is 0. The highest BCUT2D eigenvalue weighted by Crippen LogP contribution is 2.37. The fraction of sp³-hybridized carbons (Fsp3) is 1.00. The molecule has 0 aromatic heterocycles. The van der Waals surface area contributed by atoms with Crippen molar-refractivity contribution in [2.75, 3.05) is 20.2 Å². The Morgan fingerprint density at radius 3 is 2.43 bits per heavy atom. The molecule has 0 amide bonds. The highest BCUT2D eigenvalue weighted by atomic mass is 16.5. The van der Waals surface area contributed by atoms with Crippen LogP contribution < -0.4 is 5.32 Å². The Morgan fingerprint density at radius 1 is 1.21 bits per heavy atom. The maximum Gasteiger partial charge on any atom is 0.0705 e. The van der Waals surface area contributed by atoms with E-state index in [4.69, 9.17) is 4.74 Å². The second-order valence-electron chi connectivity index (χ2n) is 4.99. The highest BCUT2D eigenvalue weighted by Gasteiger charge is 2.34. The summed E-state index contributed by atoms with van der Waals surface area (Å²) in [7, 11) is 1.90. The Labute approximate surface area is 87.4 Å². The van der Waals surface area contributed by atoms with E-state index in [1.807, 2.05) is 7.11 Å². The number of rotatable bonds is 3. The Hall–Kier alpha value is -0.0800. The summed E-state index contributed by atoms with van der Waals surface area (Å²) in [6.07, 6.45) is 9.51. The average molecular weight is 197 g/mol. The minimum Gasteiger partial charge on any atom is -0.378 e. The van der Waals surface area contributed by atoms with E-state index < -0.39 is 0 Å². The van der Waals surface area contributed by atoms with E-state index in [1.54, 1.807) is 0 Å². The average Bonchev–Trinajstić information content (AvgIpc) is 2.72. The van der Waals surface area contributed by atoms with Crippen LogP contribution in [0.4, 0.5) is 0 Å². The molecule has 1 N–H and O–H groups in total. The fourth-order valence-electron chi connectivity index (χ4n) is 3.11. The van der Waals surface area contributed by atoms with Crippen LogP contribution in [0.5, 0.6) is 0 Å². The Bertz CT molecular complexity index is 169. The highest BCUT2D eigenvalue weighted by molar-refractivity contribution is 4.89. The second-order valence-corrected chi connectivity index (χ2v) is 4.99. The number of ether oxygens (including phenoxy) is 1. The molecule has 0 atom stereocenters. The third kappa shape index (κ3) is 2.29. The van der Waals surface area contributed by atoms with Crippen LogP contribution in [0.3, 0.4) is 0 Å². The molecule has 2 nitrogen and oxygen atoms in total. The van der Waals surface area contributed by atoms with Crippen LogP contribution in [0.15, 0.2) is 0 Å². The van der Waals surface area contributed by atoms with Gasteiger partial charge in [0, 0.05) is 7.11 Å². The van der Waals surface area contributed by atoms with Crippen LogP contribution in [-0.4, -0.2) is 25.8 Å². The van der Waals surface area contributed by atoms with Gasteiger partial charge in [-0.3, -0.25) is 0 Å². The summed E-state index contributed by atoms with van der Waals surface area (Å²) in [4.78, 5) is 0. The molecule has 0 aromatic rings. The lowest BCUT2D eigenvalue weighted by Crippen LogP contribution is -2.44. The van der Waals surface area contributed by atoms with Crippen molar-refractivity contribution in [3.8, 4) is 0 Å². The molecule has 1 heterocycles. The van der Waals surface area contributed by atoms with Gasteiger partial charge in [0.15, 0.2) is 0 Å². The standard InChI is InChI=1S/C12H23NO/c1-14-12(6-8-13-9-7-12)10-11-4-2-3-5-11/h11,13H,2-10H2,1H3. The van der Waals surface area contributed by atoms with E-state index in [0.29, 0.717) is 0 Å². The number of piperidine rings is 1. The van der Waals surface area contributed by atoms with E-state index in [0.717, 1.165) is 19.0 Å². The van der Waals surface area contributed by atoms with Crippen LogP contribution >= 0.6 is 0 Å². The van der Waals surface area contributed by atoms with Gasteiger partial charge in [0.2, 0.25) is 0 Å². The topological polar surface area (TPSA) is 21.3 Å². The normalized spacial score (nSPS) is 28.1. The first-order valence-corrected chi connectivity index (χ1v) is 6.10. The summed E-state index contributed by atoms with van der Waals surface area (Å²) in [5, 5.41) is 3.42. The van der Waals surface area contributed by atoms with Gasteiger partial charge in [-0.05, 0) is 38.3 Å². The van der Waals surface area contributed by atoms with Crippen molar-refractivity contribution >= 4 is 0 Å². The summed E-state index contributed by atoms with van der Waals surface area (Å²) in [6.45, 7) is 2.28. The Kier molecular flexibility index (Phi) is 3.45. The van der Waals surface area contributed by atoms with E-state index in [2.05, 4.69) is 5.32 Å². The van der Waals surface area contributed by atoms with Crippen molar-refractivity contribution in [1.29, 1.82) is 0 Å². The van der Waals surface area contributed by atoms with E-state index in [9.17, 15) is 0 Å². The molecule has 0 unspecified atom stereocenters. The van der Waals surface area contributed by atoms with Gasteiger partial charge in [-0.15, -0.1) is 0 Å². The first-order chi connectivity index (χ1) is 6.85. The van der Waals surface area contributed by atoms with Crippen molar-refractivity contribution in [1.82, 2.24) is 5.32 Å². The minimum absolute atomic E-state index is 0.222. The molecule has 2 heteroatoms. The van der Waals surface area contributed by atoms with Crippen LogP contribution in [0, 0.1) is 5.92 Å². The number of nitrogens with one attached hydrogen (secondary N) is 1. The van der Waals surface area contributed by atoms with E-state index >= 15 is 0 Å². The summed E-state index contributed by atoms with van der Waals surface area (Å²) in [5.74, 6) is 0.952. The number of hydrogen-bond donors (Lipinski definition) is 1. The second kappa shape index (κ2) is 4.63. The summed E-state index contributed by atoms with van der Waals surface area (Å²) in [5.41, 5.74) is 0.222. The van der Waals surface area contributed by atoms with Crippen molar-refractivity contribution in [2.24, 2.45) is 5.92 Å². The number of hydrogen-bond acceptors (Lipinski definition) is 2. The lowest BCUT2D eigenvalue weighted by Gasteiger charge is -2.38. The molecule has 14 heavy (non-hydrogen) atoms. The Balaban J connectivity index is 1.89. The van der Waals surface area contributed by atoms with Gasteiger partial charge in [-0.25, -0.2) is 0 Å². The van der Waals surface area contributed by atoms with Gasteiger partial charge in [0.05, 0.1) is 5.60 Å². The lowest BCUT2D eigenvalue weighted by atomic mass is 9.82. The van der Waals surface area contributed by atoms with Gasteiger partial charge in [0.1, 0.15) is 0 Å². The van der Waals surface area contributed by atoms with Gasteiger partial charge < -0.3 is 10.1 Å². The largest absolute Gasteiger partial charge is 0.378 e. The molecule has 2 rings (SSSR count).